The second kappa shape index (κ2) is 6.88. The number of hydrogen-bond acceptors (Lipinski definition) is 3. The van der Waals surface area contributed by atoms with Gasteiger partial charge in [0.05, 0.1) is 16.9 Å². The van der Waals surface area contributed by atoms with Crippen molar-refractivity contribution in [2.24, 2.45) is 0 Å². The zero-order valence-electron chi connectivity index (χ0n) is 15.7. The summed E-state index contributed by atoms with van der Waals surface area (Å²) in [5.74, 6) is -0.0950. The minimum Gasteiger partial charge on any atom is -0.396 e. The van der Waals surface area contributed by atoms with E-state index in [1.165, 1.54) is 0 Å². The summed E-state index contributed by atoms with van der Waals surface area (Å²) in [7, 11) is 0. The highest BCUT2D eigenvalue weighted by Gasteiger charge is 2.16. The van der Waals surface area contributed by atoms with E-state index in [-0.39, 0.29) is 5.78 Å². The maximum Gasteiger partial charge on any atom is 0.195 e. The lowest BCUT2D eigenvalue weighted by molar-refractivity contribution is 0.103. The van der Waals surface area contributed by atoms with Crippen LogP contribution < -0.4 is 5.73 Å². The number of carbonyl (C=O) groups excluding carboxylic acids is 1. The fraction of sp³-hybridized carbons (Fsp3) is 0. The van der Waals surface area contributed by atoms with Crippen LogP contribution in [0.2, 0.25) is 0 Å². The topological polar surface area (TPSA) is 56.0 Å². The third-order valence-electron chi connectivity index (χ3n) is 5.25. The summed E-state index contributed by atoms with van der Waals surface area (Å²) >= 11 is 0. The average Bonchev–Trinajstić information content (AvgIpc) is 2.79. The number of benzene rings is 4. The van der Waals surface area contributed by atoms with Gasteiger partial charge in [0.1, 0.15) is 0 Å². The van der Waals surface area contributed by atoms with Crippen LogP contribution in [0.5, 0.6) is 0 Å². The lowest BCUT2D eigenvalue weighted by Gasteiger charge is -2.11. The molecule has 0 atom stereocenters. The molecule has 0 aliphatic rings. The van der Waals surface area contributed by atoms with Gasteiger partial charge < -0.3 is 5.73 Å². The molecule has 2 N–H and O–H groups in total. The minimum absolute atomic E-state index is 0.0950. The molecule has 0 spiro atoms. The number of pyridine rings is 1. The van der Waals surface area contributed by atoms with Crippen LogP contribution in [0.4, 0.5) is 5.69 Å². The Bertz CT molecular complexity index is 1370. The summed E-state index contributed by atoms with van der Waals surface area (Å²) < 4.78 is 0. The van der Waals surface area contributed by atoms with Crippen molar-refractivity contribution >= 4 is 33.1 Å². The molecular formula is C26H18N2O. The van der Waals surface area contributed by atoms with Crippen LogP contribution in [0, 0.1) is 0 Å². The molecule has 0 saturated carbocycles. The first-order valence-corrected chi connectivity index (χ1v) is 9.49. The van der Waals surface area contributed by atoms with Crippen LogP contribution in [0.15, 0.2) is 97.1 Å². The van der Waals surface area contributed by atoms with Gasteiger partial charge in [-0.05, 0) is 22.9 Å². The molecule has 1 aromatic heterocycles. The van der Waals surface area contributed by atoms with E-state index in [9.17, 15) is 4.79 Å². The SMILES string of the molecule is Nc1c(C(=O)c2ccccc2)ccc2ccc(-c3cccc4ccccc34)nc12. The van der Waals surface area contributed by atoms with Gasteiger partial charge in [0.25, 0.3) is 0 Å². The van der Waals surface area contributed by atoms with Crippen molar-refractivity contribution < 1.29 is 4.79 Å². The van der Waals surface area contributed by atoms with Gasteiger partial charge in [-0.1, -0.05) is 84.9 Å². The number of carbonyl (C=O) groups is 1. The molecule has 0 saturated heterocycles. The largest absolute Gasteiger partial charge is 0.396 e. The van der Waals surface area contributed by atoms with Gasteiger partial charge in [0.15, 0.2) is 5.78 Å². The van der Waals surface area contributed by atoms with Gasteiger partial charge in [-0.2, -0.15) is 0 Å². The minimum atomic E-state index is -0.0950. The average molecular weight is 374 g/mol. The molecule has 0 radical (unpaired) electrons. The highest BCUT2D eigenvalue weighted by molar-refractivity contribution is 6.15. The summed E-state index contributed by atoms with van der Waals surface area (Å²) in [4.78, 5) is 17.8. The van der Waals surface area contributed by atoms with Gasteiger partial charge in [0, 0.05) is 22.1 Å². The molecule has 4 aromatic carbocycles. The molecule has 3 heteroatoms. The van der Waals surface area contributed by atoms with Crippen molar-refractivity contribution in [1.82, 2.24) is 4.98 Å². The van der Waals surface area contributed by atoms with E-state index in [0.29, 0.717) is 22.3 Å². The molecule has 5 rings (SSSR count). The van der Waals surface area contributed by atoms with E-state index in [2.05, 4.69) is 24.3 Å². The monoisotopic (exact) mass is 374 g/mol. The van der Waals surface area contributed by atoms with Crippen molar-refractivity contribution in [3.63, 3.8) is 0 Å². The Balaban J connectivity index is 1.68. The zero-order chi connectivity index (χ0) is 19.8. The predicted octanol–water partition coefficient (Wildman–Crippen LogP) is 5.87. The lowest BCUT2D eigenvalue weighted by atomic mass is 9.98. The Morgan fingerprint density at radius 1 is 0.690 bits per heavy atom. The van der Waals surface area contributed by atoms with Crippen LogP contribution in [0.3, 0.4) is 0 Å². The van der Waals surface area contributed by atoms with Gasteiger partial charge in [0.2, 0.25) is 0 Å². The quantitative estimate of drug-likeness (QED) is 0.317. The van der Waals surface area contributed by atoms with Crippen molar-refractivity contribution in [2.45, 2.75) is 0 Å². The summed E-state index contributed by atoms with van der Waals surface area (Å²) in [6.45, 7) is 0. The van der Waals surface area contributed by atoms with Crippen LogP contribution in [-0.4, -0.2) is 10.8 Å². The van der Waals surface area contributed by atoms with Gasteiger partial charge in [-0.25, -0.2) is 4.98 Å². The van der Waals surface area contributed by atoms with Crippen molar-refractivity contribution in [1.29, 1.82) is 0 Å². The number of aromatic nitrogens is 1. The molecule has 3 nitrogen and oxygen atoms in total. The molecular weight excluding hydrogens is 356 g/mol. The number of hydrogen-bond donors (Lipinski definition) is 1. The molecule has 29 heavy (non-hydrogen) atoms. The van der Waals surface area contributed by atoms with Crippen molar-refractivity contribution in [3.8, 4) is 11.3 Å². The molecule has 0 aliphatic heterocycles. The number of rotatable bonds is 3. The number of nitrogen functional groups attached to an aromatic ring is 1. The second-order valence-corrected chi connectivity index (χ2v) is 7.02. The Hall–Kier alpha value is -3.98. The first-order valence-electron chi connectivity index (χ1n) is 9.49. The number of fused-ring (bicyclic) bond motifs is 2. The van der Waals surface area contributed by atoms with Gasteiger partial charge in [-0.15, -0.1) is 0 Å². The third-order valence-corrected chi connectivity index (χ3v) is 5.25. The third kappa shape index (κ3) is 2.93. The first-order chi connectivity index (χ1) is 14.2. The van der Waals surface area contributed by atoms with Crippen LogP contribution in [0.1, 0.15) is 15.9 Å². The van der Waals surface area contributed by atoms with Crippen LogP contribution in [0.25, 0.3) is 32.9 Å². The second-order valence-electron chi connectivity index (χ2n) is 7.02. The highest BCUT2D eigenvalue weighted by atomic mass is 16.1. The van der Waals surface area contributed by atoms with Gasteiger partial charge >= 0.3 is 0 Å². The number of nitrogens with two attached hydrogens (primary N) is 1. The molecule has 0 bridgehead atoms. The summed E-state index contributed by atoms with van der Waals surface area (Å²) in [5, 5.41) is 3.21. The predicted molar refractivity (Wildman–Crippen MR) is 119 cm³/mol. The normalized spacial score (nSPS) is 11.0. The number of ketones is 1. The Morgan fingerprint density at radius 2 is 1.41 bits per heavy atom. The van der Waals surface area contributed by atoms with E-state index in [4.69, 9.17) is 10.7 Å². The zero-order valence-corrected chi connectivity index (χ0v) is 15.7. The molecule has 5 aromatic rings. The van der Waals surface area contributed by atoms with Crippen LogP contribution >= 0.6 is 0 Å². The molecule has 0 unspecified atom stereocenters. The van der Waals surface area contributed by atoms with Gasteiger partial charge in [-0.3, -0.25) is 4.79 Å². The Labute approximate surface area is 168 Å². The standard InChI is InChI=1S/C26H18N2O/c27-24-22(26(29)19-8-2-1-3-9-19)15-13-18-14-16-23(28-25(18)24)21-12-6-10-17-7-4-5-11-20(17)21/h1-16H,27H2. The fourth-order valence-corrected chi connectivity index (χ4v) is 3.75. The van der Waals surface area contributed by atoms with E-state index in [1.54, 1.807) is 18.2 Å². The first kappa shape index (κ1) is 17.1. The van der Waals surface area contributed by atoms with E-state index in [0.717, 1.165) is 27.4 Å². The van der Waals surface area contributed by atoms with E-state index < -0.39 is 0 Å². The number of anilines is 1. The van der Waals surface area contributed by atoms with E-state index in [1.807, 2.05) is 54.6 Å². The summed E-state index contributed by atoms with van der Waals surface area (Å²) in [5.41, 5.74) is 10.5. The van der Waals surface area contributed by atoms with Crippen molar-refractivity contribution in [2.75, 3.05) is 5.73 Å². The molecule has 0 aliphatic carbocycles. The summed E-state index contributed by atoms with van der Waals surface area (Å²) in [6, 6.07) is 31.3. The maximum atomic E-state index is 12.9. The smallest absolute Gasteiger partial charge is 0.195 e. The van der Waals surface area contributed by atoms with Crippen molar-refractivity contribution in [3.05, 3.63) is 108 Å². The lowest BCUT2D eigenvalue weighted by Crippen LogP contribution is -2.06. The molecule has 1 heterocycles. The number of nitrogens with zero attached hydrogens (tertiary/aromatic N) is 1. The maximum absolute atomic E-state index is 12.9. The Kier molecular flexibility index (Phi) is 4.07. The molecule has 138 valence electrons. The fourth-order valence-electron chi connectivity index (χ4n) is 3.75. The van der Waals surface area contributed by atoms with Crippen LogP contribution in [-0.2, 0) is 0 Å². The van der Waals surface area contributed by atoms with E-state index >= 15 is 0 Å². The Morgan fingerprint density at radius 3 is 2.28 bits per heavy atom. The highest BCUT2D eigenvalue weighted by Crippen LogP contribution is 2.31. The molecule has 0 fully saturated rings. The summed E-state index contributed by atoms with van der Waals surface area (Å²) in [6.07, 6.45) is 0. The molecule has 0 amide bonds.